The van der Waals surface area contributed by atoms with Gasteiger partial charge in [-0.25, -0.2) is 9.52 Å². The number of amides is 1. The van der Waals surface area contributed by atoms with Crippen LogP contribution in [-0.2, 0) is 14.9 Å². The highest BCUT2D eigenvalue weighted by Gasteiger charge is 2.19. The molecule has 2 N–H and O–H groups in total. The van der Waals surface area contributed by atoms with E-state index in [1.54, 1.807) is 4.72 Å². The summed E-state index contributed by atoms with van der Waals surface area (Å²) < 4.78 is 30.8. The van der Waals surface area contributed by atoms with Crippen molar-refractivity contribution < 1.29 is 17.9 Å². The van der Waals surface area contributed by atoms with Crippen LogP contribution in [0.4, 0.5) is 4.79 Å². The van der Waals surface area contributed by atoms with Crippen LogP contribution in [0.25, 0.3) is 0 Å². The van der Waals surface area contributed by atoms with Crippen molar-refractivity contribution in [1.29, 1.82) is 0 Å². The highest BCUT2D eigenvalue weighted by Crippen LogP contribution is 2.24. The van der Waals surface area contributed by atoms with Gasteiger partial charge in [-0.05, 0) is 11.8 Å². The number of carbonyl (C=O) groups is 1. The Balaban J connectivity index is 4.15. The number of alkyl halides is 1. The molecule has 0 heterocycles. The second kappa shape index (κ2) is 6.55. The average molecular weight is 331 g/mol. The van der Waals surface area contributed by atoms with E-state index in [0.29, 0.717) is 0 Å². The minimum atomic E-state index is -3.85. The van der Waals surface area contributed by atoms with Gasteiger partial charge >= 0.3 is 16.3 Å². The first-order chi connectivity index (χ1) is 7.56. The van der Waals surface area contributed by atoms with Gasteiger partial charge in [-0.3, -0.25) is 0 Å². The fourth-order valence-corrected chi connectivity index (χ4v) is 3.27. The average Bonchev–Trinajstić information content (AvgIpc) is 2.11. The highest BCUT2D eigenvalue weighted by atomic mass is 79.9. The second-order valence-electron chi connectivity index (χ2n) is 4.81. The molecule has 0 aromatic carbocycles. The van der Waals surface area contributed by atoms with E-state index in [9.17, 15) is 13.2 Å². The topological polar surface area (TPSA) is 84.5 Å². The van der Waals surface area contributed by atoms with Gasteiger partial charge in [0.05, 0.1) is 7.11 Å². The number of methoxy groups -OCH3 is 1. The third kappa shape index (κ3) is 9.37. The van der Waals surface area contributed by atoms with Crippen LogP contribution < -0.4 is 9.44 Å². The van der Waals surface area contributed by atoms with Gasteiger partial charge in [-0.1, -0.05) is 36.7 Å². The molecule has 102 valence electrons. The third-order valence-corrected chi connectivity index (χ3v) is 3.36. The van der Waals surface area contributed by atoms with E-state index in [0.717, 1.165) is 13.5 Å². The molecule has 0 rings (SSSR count). The molecule has 17 heavy (non-hydrogen) atoms. The van der Waals surface area contributed by atoms with Crippen LogP contribution >= 0.6 is 15.9 Å². The summed E-state index contributed by atoms with van der Waals surface area (Å²) in [6.07, 6.45) is -0.215. The minimum Gasteiger partial charge on any atom is -0.452 e. The molecule has 1 amide bonds. The zero-order valence-corrected chi connectivity index (χ0v) is 12.8. The molecule has 0 bridgehead atoms. The number of hydrogen-bond acceptors (Lipinski definition) is 4. The van der Waals surface area contributed by atoms with Crippen molar-refractivity contribution >= 4 is 32.2 Å². The Labute approximate surface area is 111 Å². The molecule has 0 aliphatic rings. The second-order valence-corrected chi connectivity index (χ2v) is 7.60. The summed E-state index contributed by atoms with van der Waals surface area (Å²) in [5, 5.41) is 0. The first kappa shape index (κ1) is 16.7. The van der Waals surface area contributed by atoms with Crippen LogP contribution in [0.2, 0.25) is 0 Å². The number of hydrogen-bond donors (Lipinski definition) is 2. The van der Waals surface area contributed by atoms with Crippen LogP contribution in [0.3, 0.4) is 0 Å². The predicted octanol–water partition coefficient (Wildman–Crippen LogP) is 1.38. The largest absolute Gasteiger partial charge is 0.452 e. The van der Waals surface area contributed by atoms with Crippen LogP contribution in [0.15, 0.2) is 0 Å². The van der Waals surface area contributed by atoms with Gasteiger partial charge in [-0.15, -0.1) is 0 Å². The van der Waals surface area contributed by atoms with E-state index < -0.39 is 16.3 Å². The maximum absolute atomic E-state index is 11.3. The molecule has 0 aromatic heterocycles. The first-order valence-electron chi connectivity index (χ1n) is 5.05. The molecule has 0 fully saturated rings. The Morgan fingerprint density at radius 2 is 1.94 bits per heavy atom. The van der Waals surface area contributed by atoms with Gasteiger partial charge in [0, 0.05) is 11.4 Å². The van der Waals surface area contributed by atoms with Crippen molar-refractivity contribution in [2.75, 3.05) is 13.7 Å². The molecule has 8 heteroatoms. The van der Waals surface area contributed by atoms with Crippen molar-refractivity contribution in [1.82, 2.24) is 9.44 Å². The fourth-order valence-electron chi connectivity index (χ4n) is 1.12. The van der Waals surface area contributed by atoms with E-state index in [2.05, 4.69) is 46.2 Å². The lowest BCUT2D eigenvalue weighted by molar-refractivity contribution is 0.177. The lowest BCUT2D eigenvalue weighted by Gasteiger charge is -2.22. The van der Waals surface area contributed by atoms with Crippen molar-refractivity contribution in [3.8, 4) is 0 Å². The number of halogens is 1. The molecule has 0 spiro atoms. The number of rotatable bonds is 5. The monoisotopic (exact) mass is 330 g/mol. The van der Waals surface area contributed by atoms with Gasteiger partial charge < -0.3 is 4.74 Å². The summed E-state index contributed by atoms with van der Waals surface area (Å²) >= 11 is 3.38. The van der Waals surface area contributed by atoms with Gasteiger partial charge in [0.1, 0.15) is 0 Å². The molecule has 1 atom stereocenters. The summed E-state index contributed by atoms with van der Waals surface area (Å²) in [4.78, 5) is 10.7. The lowest BCUT2D eigenvalue weighted by atomic mass is 9.91. The SMILES string of the molecule is COC(=O)NS(=O)(=O)NCC(Br)CC(C)(C)C. The number of nitrogens with one attached hydrogen (secondary N) is 2. The van der Waals surface area contributed by atoms with Crippen molar-refractivity contribution in [3.63, 3.8) is 0 Å². The summed E-state index contributed by atoms with van der Waals surface area (Å²) in [6.45, 7) is 6.37. The molecular weight excluding hydrogens is 312 g/mol. The number of ether oxygens (including phenoxy) is 1. The molecule has 1 unspecified atom stereocenters. The van der Waals surface area contributed by atoms with Gasteiger partial charge in [-0.2, -0.15) is 13.1 Å². The smallest absolute Gasteiger partial charge is 0.421 e. The molecule has 0 saturated carbocycles. The standard InChI is InChI=1S/C9H19BrN2O4S/c1-9(2,3)5-7(10)6-11-17(14,15)12-8(13)16-4/h7,11H,5-6H2,1-4H3,(H,12,13). The Morgan fingerprint density at radius 1 is 1.41 bits per heavy atom. The molecule has 0 radical (unpaired) electrons. The molecule has 0 aromatic rings. The Morgan fingerprint density at radius 3 is 2.35 bits per heavy atom. The van der Waals surface area contributed by atoms with Crippen molar-refractivity contribution in [2.24, 2.45) is 5.41 Å². The maximum Gasteiger partial charge on any atom is 0.421 e. The van der Waals surface area contributed by atoms with E-state index in [1.807, 2.05) is 0 Å². The van der Waals surface area contributed by atoms with Gasteiger partial charge in [0.25, 0.3) is 0 Å². The van der Waals surface area contributed by atoms with Crippen LogP contribution in [0.1, 0.15) is 27.2 Å². The van der Waals surface area contributed by atoms with E-state index in [4.69, 9.17) is 0 Å². The minimum absolute atomic E-state index is 0.00304. The van der Waals surface area contributed by atoms with E-state index in [1.165, 1.54) is 0 Å². The zero-order chi connectivity index (χ0) is 13.7. The zero-order valence-electron chi connectivity index (χ0n) is 10.4. The Hall–Kier alpha value is -0.340. The first-order valence-corrected chi connectivity index (χ1v) is 7.45. The summed E-state index contributed by atoms with van der Waals surface area (Å²) in [6, 6.07) is 0. The normalized spacial score (nSPS) is 14.2. The Bertz CT molecular complexity index is 350. The van der Waals surface area contributed by atoms with Crippen LogP contribution in [0.5, 0.6) is 0 Å². The van der Waals surface area contributed by atoms with Gasteiger partial charge in [0.2, 0.25) is 0 Å². The highest BCUT2D eigenvalue weighted by molar-refractivity contribution is 9.09. The quantitative estimate of drug-likeness (QED) is 0.746. The van der Waals surface area contributed by atoms with Gasteiger partial charge in [0.15, 0.2) is 0 Å². The molecule has 0 saturated heterocycles. The summed E-state index contributed by atoms with van der Waals surface area (Å²) in [5.41, 5.74) is 0.0926. The van der Waals surface area contributed by atoms with Crippen LogP contribution in [-0.4, -0.2) is 33.0 Å². The van der Waals surface area contributed by atoms with E-state index in [-0.39, 0.29) is 16.8 Å². The lowest BCUT2D eigenvalue weighted by Crippen LogP contribution is -2.42. The van der Waals surface area contributed by atoms with Crippen molar-refractivity contribution in [2.45, 2.75) is 32.0 Å². The third-order valence-electron chi connectivity index (χ3n) is 1.73. The summed E-state index contributed by atoms with van der Waals surface area (Å²) in [7, 11) is -2.75. The maximum atomic E-state index is 11.3. The molecular formula is C9H19BrN2O4S. The number of carbonyl (C=O) groups excluding carboxylic acids is 1. The molecule has 0 aliphatic carbocycles. The van der Waals surface area contributed by atoms with Crippen LogP contribution in [0, 0.1) is 5.41 Å². The summed E-state index contributed by atoms with van der Waals surface area (Å²) in [5.74, 6) is 0. The molecule has 6 nitrogen and oxygen atoms in total. The van der Waals surface area contributed by atoms with Crippen molar-refractivity contribution in [3.05, 3.63) is 0 Å². The van der Waals surface area contributed by atoms with E-state index >= 15 is 0 Å². The predicted molar refractivity (Wildman–Crippen MR) is 69.3 cm³/mol. The Kier molecular flexibility index (Phi) is 6.42. The fraction of sp³-hybridized carbons (Fsp3) is 0.889. The molecule has 0 aliphatic heterocycles.